The average Bonchev–Trinajstić information content (AvgIpc) is 2.56. The van der Waals surface area contributed by atoms with Crippen LogP contribution in [0.2, 0.25) is 10.0 Å². The molecule has 0 amide bonds. The molecule has 0 aliphatic rings. The van der Waals surface area contributed by atoms with Crippen molar-refractivity contribution in [1.29, 1.82) is 0 Å². The Morgan fingerprint density at radius 3 is 2.00 bits per heavy atom. The molecule has 1 aromatic heterocycles. The van der Waals surface area contributed by atoms with Crippen molar-refractivity contribution in [3.05, 3.63) is 74.8 Å². The molecule has 0 aliphatic heterocycles. The van der Waals surface area contributed by atoms with Crippen molar-refractivity contribution in [2.45, 2.75) is 0 Å². The molecular weight excluding hydrogens is 384 g/mol. The van der Waals surface area contributed by atoms with Crippen LogP contribution in [-0.2, 0) is 0 Å². The number of halogens is 3. The van der Waals surface area contributed by atoms with Crippen LogP contribution in [0.1, 0.15) is 0 Å². The molecule has 0 radical (unpaired) electrons. The lowest BCUT2D eigenvalue weighted by Crippen LogP contribution is -2.05. The highest BCUT2D eigenvalue weighted by atomic mass is 35.5. The summed E-state index contributed by atoms with van der Waals surface area (Å²) in [5.74, 6) is -0.520. The van der Waals surface area contributed by atoms with Gasteiger partial charge >= 0.3 is 5.69 Å². The van der Waals surface area contributed by atoms with E-state index < -0.39 is 10.7 Å². The summed E-state index contributed by atoms with van der Waals surface area (Å²) in [6, 6.07) is 9.95. The van der Waals surface area contributed by atoms with Gasteiger partial charge in [-0.3, -0.25) is 10.1 Å². The molecular formula is C16H10Cl2FN5O2. The lowest BCUT2D eigenvalue weighted by atomic mass is 10.3. The van der Waals surface area contributed by atoms with Gasteiger partial charge in [0.05, 0.1) is 4.92 Å². The molecule has 2 N–H and O–H groups in total. The summed E-state index contributed by atoms with van der Waals surface area (Å²) in [5, 5.41) is 17.9. The average molecular weight is 394 g/mol. The molecule has 0 unspecified atom stereocenters. The molecule has 0 atom stereocenters. The van der Waals surface area contributed by atoms with Crippen LogP contribution in [-0.4, -0.2) is 14.9 Å². The molecule has 0 bridgehead atoms. The number of aromatic nitrogens is 2. The molecule has 2 aromatic carbocycles. The van der Waals surface area contributed by atoms with E-state index in [1.54, 1.807) is 12.1 Å². The summed E-state index contributed by atoms with van der Waals surface area (Å²) < 4.78 is 13.0. The summed E-state index contributed by atoms with van der Waals surface area (Å²) in [6.07, 6.45) is 1.16. The quantitative estimate of drug-likeness (QED) is 0.450. The van der Waals surface area contributed by atoms with E-state index in [1.807, 2.05) is 0 Å². The van der Waals surface area contributed by atoms with Crippen LogP contribution in [0.3, 0.4) is 0 Å². The molecule has 7 nitrogen and oxygen atoms in total. The van der Waals surface area contributed by atoms with E-state index in [0.29, 0.717) is 21.4 Å². The molecule has 0 spiro atoms. The summed E-state index contributed by atoms with van der Waals surface area (Å²) in [4.78, 5) is 18.7. The normalized spacial score (nSPS) is 10.4. The van der Waals surface area contributed by atoms with E-state index in [-0.39, 0.29) is 17.3 Å². The third-order valence-corrected chi connectivity index (χ3v) is 3.67. The second-order valence-corrected chi connectivity index (χ2v) is 5.96. The molecule has 0 fully saturated rings. The SMILES string of the molecule is O=[N+]([O-])c1c(Nc2ccc(F)cc2)ncnc1Nc1cc(Cl)cc(Cl)c1. The van der Waals surface area contributed by atoms with Gasteiger partial charge in [0.2, 0.25) is 11.6 Å². The molecule has 132 valence electrons. The van der Waals surface area contributed by atoms with Crippen LogP contribution in [0, 0.1) is 15.9 Å². The molecule has 1 heterocycles. The number of benzene rings is 2. The molecule has 0 aliphatic carbocycles. The highest BCUT2D eigenvalue weighted by Gasteiger charge is 2.23. The zero-order chi connectivity index (χ0) is 18.7. The third kappa shape index (κ3) is 4.16. The van der Waals surface area contributed by atoms with Crippen LogP contribution >= 0.6 is 23.2 Å². The van der Waals surface area contributed by atoms with Gasteiger partial charge in [-0.05, 0) is 42.5 Å². The zero-order valence-electron chi connectivity index (χ0n) is 12.9. The third-order valence-electron chi connectivity index (χ3n) is 3.24. The van der Waals surface area contributed by atoms with Crippen molar-refractivity contribution >= 4 is 51.9 Å². The lowest BCUT2D eigenvalue weighted by molar-refractivity contribution is -0.383. The predicted octanol–water partition coefficient (Wildman–Crippen LogP) is 5.32. The maximum atomic E-state index is 13.0. The number of anilines is 4. The van der Waals surface area contributed by atoms with E-state index in [0.717, 1.165) is 6.33 Å². The summed E-state index contributed by atoms with van der Waals surface area (Å²) in [5.41, 5.74) is 0.481. The van der Waals surface area contributed by atoms with E-state index in [4.69, 9.17) is 23.2 Å². The molecule has 3 rings (SSSR count). The second kappa shape index (κ2) is 7.51. The molecule has 26 heavy (non-hydrogen) atoms. The van der Waals surface area contributed by atoms with Crippen LogP contribution in [0.25, 0.3) is 0 Å². The van der Waals surface area contributed by atoms with Crippen LogP contribution in [0.5, 0.6) is 0 Å². The Labute approximate surface area is 157 Å². The second-order valence-electron chi connectivity index (χ2n) is 5.09. The van der Waals surface area contributed by atoms with Gasteiger partial charge < -0.3 is 10.6 Å². The summed E-state index contributed by atoms with van der Waals surface area (Å²) >= 11 is 11.9. The highest BCUT2D eigenvalue weighted by molar-refractivity contribution is 6.35. The van der Waals surface area contributed by atoms with Crippen molar-refractivity contribution in [3.63, 3.8) is 0 Å². The van der Waals surface area contributed by atoms with Crippen molar-refractivity contribution in [2.24, 2.45) is 0 Å². The Kier molecular flexibility index (Phi) is 5.15. The van der Waals surface area contributed by atoms with Gasteiger partial charge in [-0.1, -0.05) is 23.2 Å². The van der Waals surface area contributed by atoms with Crippen molar-refractivity contribution < 1.29 is 9.31 Å². The van der Waals surface area contributed by atoms with Crippen molar-refractivity contribution in [1.82, 2.24) is 9.97 Å². The van der Waals surface area contributed by atoms with Gasteiger partial charge in [0.1, 0.15) is 12.1 Å². The van der Waals surface area contributed by atoms with Crippen LogP contribution in [0.4, 0.5) is 33.1 Å². The Hall–Kier alpha value is -2.97. The highest BCUT2D eigenvalue weighted by Crippen LogP contribution is 2.34. The first-order chi connectivity index (χ1) is 12.4. The number of nitro groups is 1. The monoisotopic (exact) mass is 393 g/mol. The van der Waals surface area contributed by atoms with Gasteiger partial charge in [0, 0.05) is 21.4 Å². The van der Waals surface area contributed by atoms with Crippen molar-refractivity contribution in [2.75, 3.05) is 10.6 Å². The first-order valence-corrected chi connectivity index (χ1v) is 7.93. The largest absolute Gasteiger partial charge is 0.353 e. The Morgan fingerprint density at radius 2 is 1.46 bits per heavy atom. The first-order valence-electron chi connectivity index (χ1n) is 7.17. The van der Waals surface area contributed by atoms with Gasteiger partial charge in [0.15, 0.2) is 0 Å². The maximum Gasteiger partial charge on any atom is 0.353 e. The van der Waals surface area contributed by atoms with E-state index in [2.05, 4.69) is 20.6 Å². The Bertz CT molecular complexity index is 949. The molecule has 0 saturated heterocycles. The molecule has 10 heteroatoms. The number of hydrogen-bond acceptors (Lipinski definition) is 6. The smallest absolute Gasteiger partial charge is 0.334 e. The van der Waals surface area contributed by atoms with Crippen molar-refractivity contribution in [3.8, 4) is 0 Å². The van der Waals surface area contributed by atoms with Gasteiger partial charge in [-0.15, -0.1) is 0 Å². The number of nitrogens with one attached hydrogen (secondary N) is 2. The van der Waals surface area contributed by atoms with E-state index in [9.17, 15) is 14.5 Å². The minimum Gasteiger partial charge on any atom is -0.334 e. The van der Waals surface area contributed by atoms with Crippen LogP contribution in [0.15, 0.2) is 48.8 Å². The fraction of sp³-hybridized carbons (Fsp3) is 0. The molecule has 0 saturated carbocycles. The summed E-state index contributed by atoms with van der Waals surface area (Å²) in [6.45, 7) is 0. The Morgan fingerprint density at radius 1 is 0.923 bits per heavy atom. The van der Waals surface area contributed by atoms with E-state index >= 15 is 0 Å². The van der Waals surface area contributed by atoms with Gasteiger partial charge in [-0.25, -0.2) is 14.4 Å². The number of hydrogen-bond donors (Lipinski definition) is 2. The first kappa shape index (κ1) is 17.8. The lowest BCUT2D eigenvalue weighted by Gasteiger charge is -2.10. The Balaban J connectivity index is 1.98. The van der Waals surface area contributed by atoms with Gasteiger partial charge in [-0.2, -0.15) is 0 Å². The summed E-state index contributed by atoms with van der Waals surface area (Å²) in [7, 11) is 0. The van der Waals surface area contributed by atoms with E-state index in [1.165, 1.54) is 30.3 Å². The van der Waals surface area contributed by atoms with Gasteiger partial charge in [0.25, 0.3) is 0 Å². The zero-order valence-corrected chi connectivity index (χ0v) is 14.4. The van der Waals surface area contributed by atoms with Crippen LogP contribution < -0.4 is 10.6 Å². The minimum atomic E-state index is -0.625. The minimum absolute atomic E-state index is 0.0482. The fourth-order valence-electron chi connectivity index (χ4n) is 2.17. The standard InChI is InChI=1S/C16H10Cl2FN5O2/c17-9-5-10(18)7-13(6-9)23-16-14(24(25)26)15(20-8-21-16)22-12-3-1-11(19)2-4-12/h1-8H,(H2,20,21,22,23). The molecule has 3 aromatic rings. The topological polar surface area (TPSA) is 93.0 Å². The fourth-order valence-corrected chi connectivity index (χ4v) is 2.69. The predicted molar refractivity (Wildman–Crippen MR) is 98.1 cm³/mol. The number of rotatable bonds is 5. The maximum absolute atomic E-state index is 13.0. The number of nitrogens with zero attached hydrogens (tertiary/aromatic N) is 3.